The Hall–Kier alpha value is -1.90. The molecule has 110 valence electrons. The van der Waals surface area contributed by atoms with Crippen molar-refractivity contribution >= 4 is 0 Å². The van der Waals surface area contributed by atoms with Crippen LogP contribution in [-0.2, 0) is 13.0 Å². The van der Waals surface area contributed by atoms with E-state index in [0.29, 0.717) is 5.92 Å². The molecule has 1 aliphatic rings. The van der Waals surface area contributed by atoms with Crippen molar-refractivity contribution in [3.63, 3.8) is 0 Å². The molecule has 1 aromatic heterocycles. The third-order valence-electron chi connectivity index (χ3n) is 4.37. The van der Waals surface area contributed by atoms with Crippen LogP contribution >= 0.6 is 0 Å². The molecule has 2 aromatic rings. The molecule has 1 saturated carbocycles. The van der Waals surface area contributed by atoms with Crippen molar-refractivity contribution in [1.82, 2.24) is 15.0 Å². The van der Waals surface area contributed by atoms with Crippen LogP contribution < -0.4 is 0 Å². The van der Waals surface area contributed by atoms with Gasteiger partial charge in [-0.25, -0.2) is 4.68 Å². The number of benzene rings is 1. The first kappa shape index (κ1) is 14.1. The maximum absolute atomic E-state index is 4.52. The van der Waals surface area contributed by atoms with E-state index in [1.54, 1.807) is 0 Å². The first-order chi connectivity index (χ1) is 10.4. The summed E-state index contributed by atoms with van der Waals surface area (Å²) in [7, 11) is 0. The zero-order chi connectivity index (χ0) is 14.5. The molecule has 0 unspecified atom stereocenters. The molecular formula is C18H23N3. The fourth-order valence-corrected chi connectivity index (χ4v) is 3.27. The molecular weight excluding hydrogens is 258 g/mol. The predicted octanol–water partition coefficient (Wildman–Crippen LogP) is 4.10. The summed E-state index contributed by atoms with van der Waals surface area (Å²) in [6.45, 7) is 4.70. The van der Waals surface area contributed by atoms with Gasteiger partial charge in [0.1, 0.15) is 0 Å². The van der Waals surface area contributed by atoms with Crippen LogP contribution in [0.25, 0.3) is 0 Å². The van der Waals surface area contributed by atoms with E-state index in [1.165, 1.54) is 49.1 Å². The minimum Gasteiger partial charge on any atom is -0.244 e. The quantitative estimate of drug-likeness (QED) is 0.772. The Labute approximate surface area is 126 Å². The first-order valence-electron chi connectivity index (χ1n) is 7.95. The average Bonchev–Trinajstić information content (AvgIpc) is 2.92. The Kier molecular flexibility index (Phi) is 4.49. The van der Waals surface area contributed by atoms with E-state index < -0.39 is 0 Å². The number of aromatic nitrogens is 3. The summed E-state index contributed by atoms with van der Waals surface area (Å²) in [5.41, 5.74) is 3.73. The van der Waals surface area contributed by atoms with Gasteiger partial charge < -0.3 is 0 Å². The summed E-state index contributed by atoms with van der Waals surface area (Å²) in [6, 6.07) is 10.5. The largest absolute Gasteiger partial charge is 0.244 e. The van der Waals surface area contributed by atoms with Gasteiger partial charge in [0, 0.05) is 12.3 Å². The Morgan fingerprint density at radius 1 is 1.14 bits per heavy atom. The van der Waals surface area contributed by atoms with Crippen molar-refractivity contribution < 1.29 is 0 Å². The first-order valence-corrected chi connectivity index (χ1v) is 7.95. The van der Waals surface area contributed by atoms with Crippen LogP contribution in [0, 0.1) is 0 Å². The standard InChI is InChI=1S/C18H23N3/c1-2-9-17-18(16-12-7-4-8-13-16)19-20-21(17)14-15-10-5-3-6-11-15/h2-3,5-6,10-11,16H,1,4,7-9,12-14H2. The summed E-state index contributed by atoms with van der Waals surface area (Å²) in [6.07, 6.45) is 9.35. The molecule has 1 aromatic carbocycles. The molecule has 21 heavy (non-hydrogen) atoms. The van der Waals surface area contributed by atoms with Gasteiger partial charge >= 0.3 is 0 Å². The second-order valence-corrected chi connectivity index (χ2v) is 5.89. The molecule has 0 aliphatic heterocycles. The van der Waals surface area contributed by atoms with Gasteiger partial charge in [0.25, 0.3) is 0 Å². The highest BCUT2D eigenvalue weighted by atomic mass is 15.4. The number of hydrogen-bond acceptors (Lipinski definition) is 2. The lowest BCUT2D eigenvalue weighted by Gasteiger charge is -2.20. The fourth-order valence-electron chi connectivity index (χ4n) is 3.27. The second-order valence-electron chi connectivity index (χ2n) is 5.89. The highest BCUT2D eigenvalue weighted by Gasteiger charge is 2.23. The maximum Gasteiger partial charge on any atom is 0.0893 e. The van der Waals surface area contributed by atoms with Crippen LogP contribution in [0.1, 0.15) is 55.0 Å². The number of hydrogen-bond donors (Lipinski definition) is 0. The topological polar surface area (TPSA) is 30.7 Å². The molecule has 3 nitrogen and oxygen atoms in total. The molecule has 0 N–H and O–H groups in total. The Balaban J connectivity index is 1.86. The lowest BCUT2D eigenvalue weighted by molar-refractivity contribution is 0.434. The second kappa shape index (κ2) is 6.70. The highest BCUT2D eigenvalue weighted by Crippen LogP contribution is 2.33. The fraction of sp³-hybridized carbons (Fsp3) is 0.444. The summed E-state index contributed by atoms with van der Waals surface area (Å²) in [5, 5.41) is 8.94. The minimum atomic E-state index is 0.596. The zero-order valence-electron chi connectivity index (χ0n) is 12.5. The van der Waals surface area contributed by atoms with E-state index in [1.807, 2.05) is 12.1 Å². The molecule has 0 radical (unpaired) electrons. The van der Waals surface area contributed by atoms with Gasteiger partial charge in [-0.2, -0.15) is 0 Å². The Morgan fingerprint density at radius 2 is 1.90 bits per heavy atom. The van der Waals surface area contributed by atoms with Gasteiger partial charge in [-0.1, -0.05) is 60.9 Å². The van der Waals surface area contributed by atoms with Crippen LogP contribution in [0.15, 0.2) is 43.0 Å². The van der Waals surface area contributed by atoms with Gasteiger partial charge in [-0.15, -0.1) is 11.7 Å². The van der Waals surface area contributed by atoms with E-state index in [-0.39, 0.29) is 0 Å². The normalized spacial score (nSPS) is 16.0. The van der Waals surface area contributed by atoms with Gasteiger partial charge in [-0.05, 0) is 18.4 Å². The van der Waals surface area contributed by atoms with Crippen molar-refractivity contribution in [3.05, 3.63) is 59.9 Å². The molecule has 0 amide bonds. The molecule has 1 heterocycles. The third kappa shape index (κ3) is 3.23. The van der Waals surface area contributed by atoms with Gasteiger partial charge in [-0.3, -0.25) is 0 Å². The lowest BCUT2D eigenvalue weighted by Crippen LogP contribution is -2.10. The van der Waals surface area contributed by atoms with Gasteiger partial charge in [0.2, 0.25) is 0 Å². The lowest BCUT2D eigenvalue weighted by atomic mass is 9.86. The summed E-state index contributed by atoms with van der Waals surface area (Å²) in [5.74, 6) is 0.596. The molecule has 3 heteroatoms. The van der Waals surface area contributed by atoms with E-state index in [2.05, 4.69) is 45.8 Å². The number of rotatable bonds is 5. The van der Waals surface area contributed by atoms with Crippen LogP contribution in [-0.4, -0.2) is 15.0 Å². The molecule has 0 atom stereocenters. The summed E-state index contributed by atoms with van der Waals surface area (Å²) < 4.78 is 2.06. The molecule has 1 aliphatic carbocycles. The Morgan fingerprint density at radius 3 is 2.62 bits per heavy atom. The number of allylic oxidation sites excluding steroid dienone is 1. The monoisotopic (exact) mass is 281 g/mol. The summed E-state index contributed by atoms with van der Waals surface area (Å²) >= 11 is 0. The minimum absolute atomic E-state index is 0.596. The van der Waals surface area contributed by atoms with Crippen molar-refractivity contribution in [2.24, 2.45) is 0 Å². The Bertz CT molecular complexity index is 580. The van der Waals surface area contributed by atoms with Crippen LogP contribution in [0.2, 0.25) is 0 Å². The molecule has 1 fully saturated rings. The van der Waals surface area contributed by atoms with Crippen molar-refractivity contribution in [2.75, 3.05) is 0 Å². The highest BCUT2D eigenvalue weighted by molar-refractivity contribution is 5.21. The average molecular weight is 281 g/mol. The number of nitrogens with zero attached hydrogens (tertiary/aromatic N) is 3. The van der Waals surface area contributed by atoms with Crippen LogP contribution in [0.3, 0.4) is 0 Å². The smallest absolute Gasteiger partial charge is 0.0893 e. The molecule has 3 rings (SSSR count). The van der Waals surface area contributed by atoms with E-state index >= 15 is 0 Å². The summed E-state index contributed by atoms with van der Waals surface area (Å²) in [4.78, 5) is 0. The third-order valence-corrected chi connectivity index (χ3v) is 4.37. The van der Waals surface area contributed by atoms with Crippen molar-refractivity contribution in [1.29, 1.82) is 0 Å². The maximum atomic E-state index is 4.52. The SMILES string of the molecule is C=CCc1c(C2CCCCC2)nnn1Cc1ccccc1. The molecule has 0 spiro atoms. The van der Waals surface area contributed by atoms with E-state index in [9.17, 15) is 0 Å². The van der Waals surface area contributed by atoms with Crippen LogP contribution in [0.5, 0.6) is 0 Å². The molecule has 0 saturated heterocycles. The van der Waals surface area contributed by atoms with E-state index in [0.717, 1.165) is 13.0 Å². The van der Waals surface area contributed by atoms with E-state index in [4.69, 9.17) is 0 Å². The van der Waals surface area contributed by atoms with Gasteiger partial charge in [0.15, 0.2) is 0 Å². The predicted molar refractivity (Wildman–Crippen MR) is 85.3 cm³/mol. The van der Waals surface area contributed by atoms with Crippen molar-refractivity contribution in [3.8, 4) is 0 Å². The van der Waals surface area contributed by atoms with Crippen LogP contribution in [0.4, 0.5) is 0 Å². The molecule has 0 bridgehead atoms. The zero-order valence-corrected chi connectivity index (χ0v) is 12.5. The van der Waals surface area contributed by atoms with Gasteiger partial charge in [0.05, 0.1) is 17.9 Å². The van der Waals surface area contributed by atoms with Crippen molar-refractivity contribution in [2.45, 2.75) is 51.0 Å².